The maximum atomic E-state index is 13.9. The molecule has 1 aliphatic rings. The van der Waals surface area contributed by atoms with Crippen LogP contribution in [0.25, 0.3) is 0 Å². The number of halogens is 2. The third-order valence-electron chi connectivity index (χ3n) is 5.90. The summed E-state index contributed by atoms with van der Waals surface area (Å²) in [4.78, 5) is 28.0. The molecular weight excluding hydrogens is 427 g/mol. The van der Waals surface area contributed by atoms with Crippen molar-refractivity contribution in [3.8, 4) is 0 Å². The summed E-state index contributed by atoms with van der Waals surface area (Å²) in [7, 11) is 0. The Morgan fingerprint density at radius 1 is 0.938 bits per heavy atom. The third-order valence-corrected chi connectivity index (χ3v) is 6.15. The highest BCUT2D eigenvalue weighted by Crippen LogP contribution is 2.34. The molecule has 1 saturated heterocycles. The normalized spacial score (nSPS) is 18.2. The minimum atomic E-state index is -0.363. The zero-order valence-corrected chi connectivity index (χ0v) is 18.3. The molecule has 0 saturated carbocycles. The van der Waals surface area contributed by atoms with Gasteiger partial charge in [0, 0.05) is 29.2 Å². The number of carbonyl (C=O) groups is 2. The molecule has 6 heteroatoms. The average Bonchev–Trinajstić information content (AvgIpc) is 2.83. The van der Waals surface area contributed by atoms with Crippen molar-refractivity contribution in [2.75, 3.05) is 6.54 Å². The van der Waals surface area contributed by atoms with Gasteiger partial charge in [-0.1, -0.05) is 60.1 Å². The largest absolute Gasteiger partial charge is 0.352 e. The quantitative estimate of drug-likeness (QED) is 0.566. The molecule has 1 fully saturated rings. The van der Waals surface area contributed by atoms with E-state index in [0.717, 1.165) is 5.56 Å². The molecule has 3 aromatic carbocycles. The Balaban J connectivity index is 1.52. The fraction of sp³-hybridized carbons (Fsp3) is 0.231. The summed E-state index contributed by atoms with van der Waals surface area (Å²) in [6.07, 6.45) is 1.31. The first-order chi connectivity index (χ1) is 15.5. The lowest BCUT2D eigenvalue weighted by molar-refractivity contribution is -0.127. The van der Waals surface area contributed by atoms with Crippen molar-refractivity contribution < 1.29 is 14.0 Å². The average molecular weight is 451 g/mol. The Labute approximate surface area is 192 Å². The van der Waals surface area contributed by atoms with E-state index in [1.807, 2.05) is 30.3 Å². The zero-order valence-electron chi connectivity index (χ0n) is 17.5. The van der Waals surface area contributed by atoms with E-state index < -0.39 is 0 Å². The molecule has 164 valence electrons. The van der Waals surface area contributed by atoms with E-state index >= 15 is 0 Å². The second-order valence-electron chi connectivity index (χ2n) is 7.97. The molecule has 1 heterocycles. The van der Waals surface area contributed by atoms with E-state index in [1.165, 1.54) is 6.07 Å². The van der Waals surface area contributed by atoms with Gasteiger partial charge in [-0.2, -0.15) is 0 Å². The number of hydrogen-bond donors (Lipinski definition) is 1. The molecular formula is C26H24ClFN2O2. The summed E-state index contributed by atoms with van der Waals surface area (Å²) in [5.74, 6) is -1.02. The minimum absolute atomic E-state index is 0.116. The van der Waals surface area contributed by atoms with E-state index in [1.54, 1.807) is 47.4 Å². The van der Waals surface area contributed by atoms with E-state index in [0.29, 0.717) is 35.5 Å². The fourth-order valence-corrected chi connectivity index (χ4v) is 4.28. The maximum Gasteiger partial charge on any atom is 0.254 e. The van der Waals surface area contributed by atoms with Gasteiger partial charge in [-0.25, -0.2) is 4.39 Å². The minimum Gasteiger partial charge on any atom is -0.352 e. The van der Waals surface area contributed by atoms with Crippen LogP contribution in [0.15, 0.2) is 78.9 Å². The van der Waals surface area contributed by atoms with Gasteiger partial charge in [0.1, 0.15) is 5.82 Å². The van der Waals surface area contributed by atoms with Crippen LogP contribution in [-0.4, -0.2) is 23.3 Å². The van der Waals surface area contributed by atoms with Crippen molar-refractivity contribution in [3.05, 3.63) is 106 Å². The molecule has 2 atom stereocenters. The first kappa shape index (κ1) is 22.0. The molecule has 0 bridgehead atoms. The summed E-state index contributed by atoms with van der Waals surface area (Å²) in [5.41, 5.74) is 2.01. The Morgan fingerprint density at radius 2 is 1.62 bits per heavy atom. The van der Waals surface area contributed by atoms with Gasteiger partial charge in [-0.3, -0.25) is 9.59 Å². The van der Waals surface area contributed by atoms with Crippen LogP contribution in [0, 0.1) is 11.7 Å². The molecule has 4 nitrogen and oxygen atoms in total. The molecule has 1 aliphatic heterocycles. The predicted molar refractivity (Wildman–Crippen MR) is 123 cm³/mol. The van der Waals surface area contributed by atoms with Crippen molar-refractivity contribution in [2.24, 2.45) is 5.92 Å². The summed E-state index contributed by atoms with van der Waals surface area (Å²) in [6, 6.07) is 22.9. The predicted octanol–water partition coefficient (Wildman–Crippen LogP) is 5.39. The highest BCUT2D eigenvalue weighted by molar-refractivity contribution is 6.30. The highest BCUT2D eigenvalue weighted by Gasteiger charge is 2.35. The van der Waals surface area contributed by atoms with E-state index in [2.05, 4.69) is 5.32 Å². The Morgan fingerprint density at radius 3 is 2.34 bits per heavy atom. The Kier molecular flexibility index (Phi) is 6.86. The van der Waals surface area contributed by atoms with E-state index in [-0.39, 0.29) is 36.1 Å². The van der Waals surface area contributed by atoms with Crippen LogP contribution in [0.3, 0.4) is 0 Å². The number of hydrogen-bond acceptors (Lipinski definition) is 2. The molecule has 1 N–H and O–H groups in total. The van der Waals surface area contributed by atoms with Gasteiger partial charge < -0.3 is 10.2 Å². The van der Waals surface area contributed by atoms with Crippen molar-refractivity contribution in [3.63, 3.8) is 0 Å². The van der Waals surface area contributed by atoms with Crippen molar-refractivity contribution in [2.45, 2.75) is 25.4 Å². The SMILES string of the molecule is O=C(NCc1ccccc1F)C1CCC(c2ccccc2)N(C(=O)c2ccc(Cl)cc2)C1. The number of nitrogens with zero attached hydrogens (tertiary/aromatic N) is 1. The molecule has 4 rings (SSSR count). The van der Waals surface area contributed by atoms with Crippen LogP contribution in [0.2, 0.25) is 5.02 Å². The van der Waals surface area contributed by atoms with Gasteiger partial charge in [0.2, 0.25) is 5.91 Å². The molecule has 0 radical (unpaired) electrons. The number of amides is 2. The molecule has 3 aromatic rings. The van der Waals surface area contributed by atoms with Crippen LogP contribution in [0.1, 0.15) is 40.4 Å². The molecule has 0 spiro atoms. The van der Waals surface area contributed by atoms with Crippen LogP contribution in [0.5, 0.6) is 0 Å². The summed E-state index contributed by atoms with van der Waals surface area (Å²) < 4.78 is 13.9. The van der Waals surface area contributed by atoms with Crippen molar-refractivity contribution in [1.29, 1.82) is 0 Å². The smallest absolute Gasteiger partial charge is 0.254 e. The monoisotopic (exact) mass is 450 g/mol. The lowest BCUT2D eigenvalue weighted by Gasteiger charge is -2.39. The van der Waals surface area contributed by atoms with Crippen LogP contribution >= 0.6 is 11.6 Å². The summed E-state index contributed by atoms with van der Waals surface area (Å²) in [5, 5.41) is 3.40. The lowest BCUT2D eigenvalue weighted by Crippen LogP contribution is -2.46. The molecule has 2 amide bonds. The number of carbonyl (C=O) groups excluding carboxylic acids is 2. The first-order valence-electron chi connectivity index (χ1n) is 10.7. The third kappa shape index (κ3) is 5.00. The van der Waals surface area contributed by atoms with Crippen LogP contribution in [-0.2, 0) is 11.3 Å². The zero-order chi connectivity index (χ0) is 22.5. The number of benzene rings is 3. The second kappa shape index (κ2) is 9.96. The van der Waals surface area contributed by atoms with E-state index in [9.17, 15) is 14.0 Å². The van der Waals surface area contributed by atoms with E-state index in [4.69, 9.17) is 11.6 Å². The van der Waals surface area contributed by atoms with Gasteiger partial charge >= 0.3 is 0 Å². The van der Waals surface area contributed by atoms with Gasteiger partial charge in [-0.05, 0) is 48.7 Å². The number of rotatable bonds is 5. The van der Waals surface area contributed by atoms with Crippen molar-refractivity contribution in [1.82, 2.24) is 10.2 Å². The topological polar surface area (TPSA) is 49.4 Å². The molecule has 32 heavy (non-hydrogen) atoms. The molecule has 2 unspecified atom stereocenters. The van der Waals surface area contributed by atoms with Crippen molar-refractivity contribution >= 4 is 23.4 Å². The van der Waals surface area contributed by atoms with Crippen LogP contribution < -0.4 is 5.32 Å². The fourth-order valence-electron chi connectivity index (χ4n) is 4.16. The second-order valence-corrected chi connectivity index (χ2v) is 8.41. The standard InChI is InChI=1S/C26H24ClFN2O2/c27-22-13-10-19(11-14-22)26(32)30-17-21(12-15-24(30)18-6-2-1-3-7-18)25(31)29-16-20-8-4-5-9-23(20)28/h1-11,13-14,21,24H,12,15-17H2,(H,29,31). The lowest BCUT2D eigenvalue weighted by atomic mass is 9.87. The maximum absolute atomic E-state index is 13.9. The number of likely N-dealkylation sites (tertiary alicyclic amines) is 1. The summed E-state index contributed by atoms with van der Waals surface area (Å²) in [6.45, 7) is 0.416. The molecule has 0 aliphatic carbocycles. The molecule has 0 aromatic heterocycles. The highest BCUT2D eigenvalue weighted by atomic mass is 35.5. The van der Waals surface area contributed by atoms with Gasteiger partial charge in [0.15, 0.2) is 0 Å². The van der Waals surface area contributed by atoms with Crippen LogP contribution in [0.4, 0.5) is 4.39 Å². The van der Waals surface area contributed by atoms with Gasteiger partial charge in [0.05, 0.1) is 12.0 Å². The Bertz CT molecular complexity index is 1090. The van der Waals surface area contributed by atoms with Gasteiger partial charge in [0.25, 0.3) is 5.91 Å². The summed E-state index contributed by atoms with van der Waals surface area (Å²) >= 11 is 5.98. The van der Waals surface area contributed by atoms with Gasteiger partial charge in [-0.15, -0.1) is 0 Å². The Hall–Kier alpha value is -3.18. The number of nitrogens with one attached hydrogen (secondary N) is 1. The number of piperidine rings is 1. The first-order valence-corrected chi connectivity index (χ1v) is 11.0.